The topological polar surface area (TPSA) is 26.3 Å². The molecular weight excluding hydrogens is 226 g/mol. The van der Waals surface area contributed by atoms with Crippen LogP contribution in [0.15, 0.2) is 35.9 Å². The molecule has 2 nitrogen and oxygen atoms in total. The van der Waals surface area contributed by atoms with Gasteiger partial charge in [-0.05, 0) is 49.1 Å². The molecule has 0 unspecified atom stereocenters. The predicted molar refractivity (Wildman–Crippen MR) is 59.3 cm³/mol. The van der Waals surface area contributed by atoms with Crippen LogP contribution >= 0.6 is 0 Å². The smallest absolute Gasteiger partial charge is 0.387 e. The number of carbonyl (C=O) groups is 1. The maximum atomic E-state index is 11.9. The van der Waals surface area contributed by atoms with Crippen LogP contribution in [0.25, 0.3) is 0 Å². The number of alkyl halides is 2. The second-order valence-electron chi connectivity index (χ2n) is 3.85. The molecule has 0 atom stereocenters. The summed E-state index contributed by atoms with van der Waals surface area (Å²) >= 11 is 0. The van der Waals surface area contributed by atoms with E-state index in [1.54, 1.807) is 0 Å². The molecule has 90 valence electrons. The van der Waals surface area contributed by atoms with E-state index in [0.29, 0.717) is 5.56 Å². The van der Waals surface area contributed by atoms with Crippen molar-refractivity contribution in [3.63, 3.8) is 0 Å². The Morgan fingerprint density at radius 2 is 1.94 bits per heavy atom. The molecule has 2 rings (SSSR count). The molecule has 1 aliphatic rings. The number of allylic oxidation sites excluding steroid dienone is 2. The van der Waals surface area contributed by atoms with Gasteiger partial charge in [-0.25, -0.2) is 0 Å². The van der Waals surface area contributed by atoms with Crippen molar-refractivity contribution in [3.05, 3.63) is 41.5 Å². The van der Waals surface area contributed by atoms with E-state index in [-0.39, 0.29) is 11.5 Å². The predicted octanol–water partition coefficient (Wildman–Crippen LogP) is 3.58. The molecule has 0 radical (unpaired) electrons. The summed E-state index contributed by atoms with van der Waals surface area (Å²) in [7, 11) is 0. The number of Topliss-reactive ketones (excluding diaryl/α,β-unsaturated/α-hetero) is 1. The van der Waals surface area contributed by atoms with Gasteiger partial charge in [-0.15, -0.1) is 0 Å². The van der Waals surface area contributed by atoms with E-state index in [0.717, 1.165) is 24.8 Å². The molecule has 0 saturated carbocycles. The first-order valence-corrected chi connectivity index (χ1v) is 5.45. The van der Waals surface area contributed by atoms with Gasteiger partial charge in [-0.3, -0.25) is 4.79 Å². The lowest BCUT2D eigenvalue weighted by molar-refractivity contribution is -0.0498. The highest BCUT2D eigenvalue weighted by molar-refractivity contribution is 6.08. The van der Waals surface area contributed by atoms with Crippen LogP contribution in [0.5, 0.6) is 5.75 Å². The average Bonchev–Trinajstić information content (AvgIpc) is 2.82. The monoisotopic (exact) mass is 238 g/mol. The van der Waals surface area contributed by atoms with E-state index in [2.05, 4.69) is 4.74 Å². The Morgan fingerprint density at radius 3 is 2.47 bits per heavy atom. The maximum absolute atomic E-state index is 11.9. The molecular formula is C13H12F2O2. The van der Waals surface area contributed by atoms with Crippen molar-refractivity contribution in [3.8, 4) is 5.75 Å². The molecule has 0 fully saturated rings. The molecule has 0 heterocycles. The van der Waals surface area contributed by atoms with Gasteiger partial charge < -0.3 is 4.74 Å². The molecule has 0 N–H and O–H groups in total. The lowest BCUT2D eigenvalue weighted by atomic mass is 10.0. The molecule has 4 heteroatoms. The molecule has 17 heavy (non-hydrogen) atoms. The summed E-state index contributed by atoms with van der Waals surface area (Å²) < 4.78 is 28.1. The first kappa shape index (κ1) is 11.8. The van der Waals surface area contributed by atoms with Crippen molar-refractivity contribution in [2.75, 3.05) is 0 Å². The third-order valence-electron chi connectivity index (χ3n) is 2.67. The molecule has 0 aromatic heterocycles. The Labute approximate surface area is 97.9 Å². The summed E-state index contributed by atoms with van der Waals surface area (Å²) in [6, 6.07) is 5.79. The quantitative estimate of drug-likeness (QED) is 0.749. The Hall–Kier alpha value is -1.71. The number of carbonyl (C=O) groups excluding carboxylic acids is 1. The SMILES string of the molecule is O=C(C1=CCCC1)c1ccc(OC(F)F)cc1. The number of ketones is 1. The van der Waals surface area contributed by atoms with Crippen LogP contribution in [0.3, 0.4) is 0 Å². The van der Waals surface area contributed by atoms with E-state index < -0.39 is 6.61 Å². The molecule has 1 aromatic rings. The van der Waals surface area contributed by atoms with Gasteiger partial charge >= 0.3 is 6.61 Å². The summed E-state index contributed by atoms with van der Waals surface area (Å²) in [5.74, 6) is 0.0445. The van der Waals surface area contributed by atoms with Gasteiger partial charge in [0.15, 0.2) is 5.78 Å². The van der Waals surface area contributed by atoms with Gasteiger partial charge in [0, 0.05) is 5.56 Å². The minimum Gasteiger partial charge on any atom is -0.435 e. The van der Waals surface area contributed by atoms with Crippen molar-refractivity contribution in [1.82, 2.24) is 0 Å². The van der Waals surface area contributed by atoms with Crippen LogP contribution in [-0.4, -0.2) is 12.4 Å². The van der Waals surface area contributed by atoms with E-state index in [1.807, 2.05) is 6.08 Å². The van der Waals surface area contributed by atoms with Crippen molar-refractivity contribution in [2.45, 2.75) is 25.9 Å². The average molecular weight is 238 g/mol. The summed E-state index contributed by atoms with van der Waals surface area (Å²) in [5, 5.41) is 0. The van der Waals surface area contributed by atoms with Gasteiger partial charge in [0.05, 0.1) is 0 Å². The second-order valence-corrected chi connectivity index (χ2v) is 3.85. The van der Waals surface area contributed by atoms with E-state index in [4.69, 9.17) is 0 Å². The highest BCUT2D eigenvalue weighted by Crippen LogP contribution is 2.23. The number of halogens is 2. The largest absolute Gasteiger partial charge is 0.435 e. The summed E-state index contributed by atoms with van der Waals surface area (Å²) in [6.07, 6.45) is 4.68. The fourth-order valence-corrected chi connectivity index (χ4v) is 1.85. The van der Waals surface area contributed by atoms with E-state index >= 15 is 0 Å². The van der Waals surface area contributed by atoms with Gasteiger partial charge in [-0.2, -0.15) is 8.78 Å². The van der Waals surface area contributed by atoms with Crippen LogP contribution in [0, 0.1) is 0 Å². The standard InChI is InChI=1S/C13H12F2O2/c14-13(15)17-11-7-5-10(6-8-11)12(16)9-3-1-2-4-9/h3,5-8,13H,1-2,4H2. The summed E-state index contributed by atoms with van der Waals surface area (Å²) in [4.78, 5) is 11.9. The van der Waals surface area contributed by atoms with E-state index in [9.17, 15) is 13.6 Å². The van der Waals surface area contributed by atoms with E-state index in [1.165, 1.54) is 24.3 Å². The van der Waals surface area contributed by atoms with Gasteiger partial charge in [0.2, 0.25) is 0 Å². The minimum absolute atomic E-state index is 0.0221. The fraction of sp³-hybridized carbons (Fsp3) is 0.308. The minimum atomic E-state index is -2.84. The van der Waals surface area contributed by atoms with Crippen LogP contribution in [0.4, 0.5) is 8.78 Å². The van der Waals surface area contributed by atoms with Crippen molar-refractivity contribution < 1.29 is 18.3 Å². The number of hydrogen-bond donors (Lipinski definition) is 0. The number of hydrogen-bond acceptors (Lipinski definition) is 2. The van der Waals surface area contributed by atoms with Crippen LogP contribution in [-0.2, 0) is 0 Å². The van der Waals surface area contributed by atoms with Crippen LogP contribution in [0.2, 0.25) is 0 Å². The van der Waals surface area contributed by atoms with Gasteiger partial charge in [-0.1, -0.05) is 6.08 Å². The molecule has 0 amide bonds. The van der Waals surface area contributed by atoms with Crippen molar-refractivity contribution in [1.29, 1.82) is 0 Å². The van der Waals surface area contributed by atoms with Gasteiger partial charge in [0.25, 0.3) is 0 Å². The van der Waals surface area contributed by atoms with Crippen molar-refractivity contribution in [2.24, 2.45) is 0 Å². The first-order valence-electron chi connectivity index (χ1n) is 5.45. The fourth-order valence-electron chi connectivity index (χ4n) is 1.85. The molecule has 0 spiro atoms. The molecule has 0 aliphatic heterocycles. The second kappa shape index (κ2) is 5.08. The Balaban J connectivity index is 2.09. The number of ether oxygens (including phenoxy) is 1. The first-order chi connectivity index (χ1) is 8.16. The zero-order valence-electron chi connectivity index (χ0n) is 9.16. The Bertz CT molecular complexity index is 435. The summed E-state index contributed by atoms with van der Waals surface area (Å²) in [6.45, 7) is -2.84. The lowest BCUT2D eigenvalue weighted by Crippen LogP contribution is -2.04. The zero-order chi connectivity index (χ0) is 12.3. The molecule has 0 saturated heterocycles. The number of rotatable bonds is 4. The molecule has 1 aliphatic carbocycles. The Kier molecular flexibility index (Phi) is 3.52. The number of benzene rings is 1. The molecule has 0 bridgehead atoms. The van der Waals surface area contributed by atoms with Crippen LogP contribution < -0.4 is 4.74 Å². The third-order valence-corrected chi connectivity index (χ3v) is 2.67. The third kappa shape index (κ3) is 2.90. The molecule has 1 aromatic carbocycles. The maximum Gasteiger partial charge on any atom is 0.387 e. The Morgan fingerprint density at radius 1 is 1.24 bits per heavy atom. The normalized spacial score (nSPS) is 14.9. The lowest BCUT2D eigenvalue weighted by Gasteiger charge is -2.05. The van der Waals surface area contributed by atoms with Crippen molar-refractivity contribution >= 4 is 5.78 Å². The van der Waals surface area contributed by atoms with Crippen LogP contribution in [0.1, 0.15) is 29.6 Å². The van der Waals surface area contributed by atoms with Gasteiger partial charge in [0.1, 0.15) is 5.75 Å². The highest BCUT2D eigenvalue weighted by Gasteiger charge is 2.15. The zero-order valence-corrected chi connectivity index (χ0v) is 9.16. The summed E-state index contributed by atoms with van der Waals surface area (Å²) in [5.41, 5.74) is 1.33. The highest BCUT2D eigenvalue weighted by atomic mass is 19.3.